The third kappa shape index (κ3) is 4.15. The first-order chi connectivity index (χ1) is 15.8. The van der Waals surface area contributed by atoms with Crippen LogP contribution in [0.2, 0.25) is 0 Å². The molecule has 4 amide bonds. The Morgan fingerprint density at radius 1 is 1.12 bits per heavy atom. The van der Waals surface area contributed by atoms with Crippen molar-refractivity contribution in [1.29, 1.82) is 0 Å². The van der Waals surface area contributed by atoms with Gasteiger partial charge in [0.1, 0.15) is 5.57 Å². The van der Waals surface area contributed by atoms with Crippen LogP contribution >= 0.6 is 0 Å². The number of methoxy groups -OCH3 is 1. The lowest BCUT2D eigenvalue weighted by Crippen LogP contribution is -2.54. The average Bonchev–Trinajstić information content (AvgIpc) is 3.25. The number of urea groups is 1. The van der Waals surface area contributed by atoms with Crippen LogP contribution in [-0.4, -0.2) is 48.9 Å². The Morgan fingerprint density at radius 2 is 1.88 bits per heavy atom. The minimum atomic E-state index is -1.15. The fraction of sp³-hybridized carbons (Fsp3) is 0.182. The maximum Gasteiger partial charge on any atom is 0.344 e. The Balaban J connectivity index is 1.65. The summed E-state index contributed by atoms with van der Waals surface area (Å²) in [6.45, 7) is 1.39. The SMILES string of the molecule is COc1cc(/C=C2\C(=O)NC(=O)N(c3ccc4c(c3)OCO4)C2=O)ccc1O[C@@H](C)C(=O)O. The average molecular weight is 454 g/mol. The van der Waals surface area contributed by atoms with Gasteiger partial charge in [-0.3, -0.25) is 14.9 Å². The summed E-state index contributed by atoms with van der Waals surface area (Å²) >= 11 is 0. The van der Waals surface area contributed by atoms with Crippen molar-refractivity contribution in [3.8, 4) is 23.0 Å². The molecule has 11 nitrogen and oxygen atoms in total. The predicted molar refractivity (Wildman–Crippen MR) is 112 cm³/mol. The van der Waals surface area contributed by atoms with Gasteiger partial charge in [0.05, 0.1) is 12.8 Å². The van der Waals surface area contributed by atoms with Gasteiger partial charge in [0.15, 0.2) is 29.1 Å². The van der Waals surface area contributed by atoms with E-state index < -0.39 is 29.9 Å². The van der Waals surface area contributed by atoms with Crippen molar-refractivity contribution in [2.24, 2.45) is 0 Å². The van der Waals surface area contributed by atoms with Crippen LogP contribution in [0.15, 0.2) is 42.0 Å². The highest BCUT2D eigenvalue weighted by atomic mass is 16.7. The van der Waals surface area contributed by atoms with Gasteiger partial charge in [-0.2, -0.15) is 0 Å². The Bertz CT molecular complexity index is 1200. The molecule has 2 heterocycles. The second-order valence-electron chi connectivity index (χ2n) is 7.00. The van der Waals surface area contributed by atoms with E-state index in [-0.39, 0.29) is 29.6 Å². The van der Waals surface area contributed by atoms with Crippen molar-refractivity contribution < 1.29 is 43.2 Å². The molecule has 2 aliphatic heterocycles. The molecule has 170 valence electrons. The molecule has 11 heteroatoms. The molecule has 0 unspecified atom stereocenters. The zero-order valence-corrected chi connectivity index (χ0v) is 17.5. The van der Waals surface area contributed by atoms with E-state index in [9.17, 15) is 19.2 Å². The first-order valence-corrected chi connectivity index (χ1v) is 9.67. The second kappa shape index (κ2) is 8.54. The molecule has 0 spiro atoms. The van der Waals surface area contributed by atoms with E-state index in [4.69, 9.17) is 24.1 Å². The molecule has 1 fully saturated rings. The number of fused-ring (bicyclic) bond motifs is 1. The Hall–Kier alpha value is -4.54. The predicted octanol–water partition coefficient (Wildman–Crippen LogP) is 1.94. The molecular weight excluding hydrogens is 436 g/mol. The molecular formula is C22H18N2O9. The lowest BCUT2D eigenvalue weighted by molar-refractivity contribution is -0.144. The summed E-state index contributed by atoms with van der Waals surface area (Å²) < 4.78 is 21.1. The molecule has 0 radical (unpaired) electrons. The highest BCUT2D eigenvalue weighted by Crippen LogP contribution is 2.36. The minimum Gasteiger partial charge on any atom is -0.493 e. The fourth-order valence-electron chi connectivity index (χ4n) is 3.20. The number of carbonyl (C=O) groups excluding carboxylic acids is 3. The third-order valence-electron chi connectivity index (χ3n) is 4.87. The van der Waals surface area contributed by atoms with E-state index >= 15 is 0 Å². The van der Waals surface area contributed by atoms with Gasteiger partial charge >= 0.3 is 12.0 Å². The molecule has 0 bridgehead atoms. The molecule has 2 N–H and O–H groups in total. The molecule has 0 aliphatic carbocycles. The number of rotatable bonds is 6. The smallest absolute Gasteiger partial charge is 0.344 e. The van der Waals surface area contributed by atoms with Crippen molar-refractivity contribution in [2.75, 3.05) is 18.8 Å². The van der Waals surface area contributed by atoms with Crippen LogP contribution in [0, 0.1) is 0 Å². The van der Waals surface area contributed by atoms with Crippen molar-refractivity contribution in [3.05, 3.63) is 47.5 Å². The molecule has 4 rings (SSSR count). The molecule has 0 saturated carbocycles. The van der Waals surface area contributed by atoms with E-state index in [1.807, 2.05) is 0 Å². The second-order valence-corrected chi connectivity index (χ2v) is 7.00. The van der Waals surface area contributed by atoms with Gasteiger partial charge in [-0.15, -0.1) is 0 Å². The topological polar surface area (TPSA) is 141 Å². The lowest BCUT2D eigenvalue weighted by Gasteiger charge is -2.26. The van der Waals surface area contributed by atoms with Gasteiger partial charge in [0.25, 0.3) is 11.8 Å². The Labute approximate surface area is 187 Å². The number of aliphatic carboxylic acids is 1. The third-order valence-corrected chi connectivity index (χ3v) is 4.87. The highest BCUT2D eigenvalue weighted by molar-refractivity contribution is 6.39. The van der Waals surface area contributed by atoms with E-state index in [2.05, 4.69) is 5.32 Å². The number of carboxylic acid groups (broad SMARTS) is 1. The van der Waals surface area contributed by atoms with E-state index in [1.54, 1.807) is 6.07 Å². The maximum atomic E-state index is 13.1. The molecule has 2 aromatic rings. The number of nitrogens with one attached hydrogen (secondary N) is 1. The molecule has 33 heavy (non-hydrogen) atoms. The molecule has 2 aliphatic rings. The van der Waals surface area contributed by atoms with Crippen LogP contribution < -0.4 is 29.2 Å². The van der Waals surface area contributed by atoms with Crippen molar-refractivity contribution in [1.82, 2.24) is 5.32 Å². The number of imide groups is 2. The standard InChI is InChI=1S/C22H18N2O9/c1-11(21(27)28)33-16-5-3-12(8-17(16)30-2)7-14-19(25)23-22(29)24(20(14)26)13-4-6-15-18(9-13)32-10-31-15/h3-9,11H,10H2,1-2H3,(H,27,28)(H,23,25,29)/b14-7+/t11-/m0/s1. The summed E-state index contributed by atoms with van der Waals surface area (Å²) in [6.07, 6.45) is 0.173. The largest absolute Gasteiger partial charge is 0.493 e. The number of hydrogen-bond donors (Lipinski definition) is 2. The van der Waals surface area contributed by atoms with Gasteiger partial charge < -0.3 is 24.1 Å². The van der Waals surface area contributed by atoms with Crippen LogP contribution in [0.3, 0.4) is 0 Å². The number of nitrogens with zero attached hydrogens (tertiary/aromatic N) is 1. The number of amides is 4. The number of benzene rings is 2. The van der Waals surface area contributed by atoms with Crippen LogP contribution in [0.4, 0.5) is 10.5 Å². The van der Waals surface area contributed by atoms with E-state index in [0.29, 0.717) is 17.1 Å². The normalized spacial score (nSPS) is 17.1. The van der Waals surface area contributed by atoms with Crippen molar-refractivity contribution in [3.63, 3.8) is 0 Å². The summed E-state index contributed by atoms with van der Waals surface area (Å²) in [4.78, 5) is 49.7. The van der Waals surface area contributed by atoms with Gasteiger partial charge in [-0.05, 0) is 42.8 Å². The summed E-state index contributed by atoms with van der Waals surface area (Å²) in [7, 11) is 1.36. The number of hydrogen-bond acceptors (Lipinski definition) is 8. The minimum absolute atomic E-state index is 0.0232. The van der Waals surface area contributed by atoms with Crippen LogP contribution in [0.5, 0.6) is 23.0 Å². The molecule has 1 atom stereocenters. The first-order valence-electron chi connectivity index (χ1n) is 9.67. The van der Waals surface area contributed by atoms with Gasteiger partial charge in [0.2, 0.25) is 6.79 Å². The molecule has 0 aromatic heterocycles. The summed E-state index contributed by atoms with van der Waals surface area (Å²) in [5, 5.41) is 11.2. The number of anilines is 1. The van der Waals surface area contributed by atoms with Crippen LogP contribution in [0.25, 0.3) is 6.08 Å². The summed E-state index contributed by atoms with van der Waals surface area (Å²) in [6, 6.07) is 8.06. The van der Waals surface area contributed by atoms with E-state index in [1.165, 1.54) is 50.4 Å². The Morgan fingerprint density at radius 3 is 2.61 bits per heavy atom. The van der Waals surface area contributed by atoms with Crippen molar-refractivity contribution >= 4 is 35.6 Å². The maximum absolute atomic E-state index is 13.1. The fourth-order valence-corrected chi connectivity index (χ4v) is 3.20. The zero-order chi connectivity index (χ0) is 23.7. The first kappa shape index (κ1) is 21.7. The number of carboxylic acids is 1. The number of ether oxygens (including phenoxy) is 4. The highest BCUT2D eigenvalue weighted by Gasteiger charge is 2.37. The van der Waals surface area contributed by atoms with Gasteiger partial charge in [0, 0.05) is 6.07 Å². The van der Waals surface area contributed by atoms with Crippen molar-refractivity contribution in [2.45, 2.75) is 13.0 Å². The Kier molecular flexibility index (Phi) is 5.61. The van der Waals surface area contributed by atoms with E-state index in [0.717, 1.165) is 4.90 Å². The lowest BCUT2D eigenvalue weighted by atomic mass is 10.1. The number of carbonyl (C=O) groups is 4. The van der Waals surface area contributed by atoms with Gasteiger partial charge in [-0.1, -0.05) is 6.07 Å². The van der Waals surface area contributed by atoms with Gasteiger partial charge in [-0.25, -0.2) is 14.5 Å². The summed E-state index contributed by atoms with van der Waals surface area (Å²) in [5.41, 5.74) is 0.298. The monoisotopic (exact) mass is 454 g/mol. The van der Waals surface area contributed by atoms with Crippen LogP contribution in [-0.2, 0) is 14.4 Å². The summed E-state index contributed by atoms with van der Waals surface area (Å²) in [5.74, 6) is -1.63. The zero-order valence-electron chi connectivity index (χ0n) is 17.5. The molecule has 1 saturated heterocycles. The number of barbiturate groups is 1. The van der Waals surface area contributed by atoms with Crippen LogP contribution in [0.1, 0.15) is 12.5 Å². The molecule has 2 aromatic carbocycles. The quantitative estimate of drug-likeness (QED) is 0.495.